The largest absolute Gasteiger partial charge is 0.368 e. The molecular formula is C16H23F2NO2. The van der Waals surface area contributed by atoms with Gasteiger partial charge in [-0.1, -0.05) is 32.1 Å². The third-order valence-electron chi connectivity index (χ3n) is 4.25. The molecule has 0 aromatic rings. The first-order valence-electron chi connectivity index (χ1n) is 7.59. The lowest BCUT2D eigenvalue weighted by Gasteiger charge is -2.31. The molecule has 0 radical (unpaired) electrons. The van der Waals surface area contributed by atoms with Crippen LogP contribution >= 0.6 is 0 Å². The summed E-state index contributed by atoms with van der Waals surface area (Å²) in [4.78, 5) is 11.3. The van der Waals surface area contributed by atoms with Gasteiger partial charge in [-0.15, -0.1) is 0 Å². The monoisotopic (exact) mass is 299 g/mol. The first-order chi connectivity index (χ1) is 10.0. The number of aldehydes is 1. The van der Waals surface area contributed by atoms with Crippen molar-refractivity contribution in [3.8, 4) is 0 Å². The Morgan fingerprint density at radius 2 is 2.10 bits per heavy atom. The van der Waals surface area contributed by atoms with Crippen molar-refractivity contribution in [1.82, 2.24) is 0 Å². The van der Waals surface area contributed by atoms with E-state index in [2.05, 4.69) is 0 Å². The van der Waals surface area contributed by atoms with Gasteiger partial charge in [0.05, 0.1) is 12.1 Å². The zero-order chi connectivity index (χ0) is 15.3. The maximum absolute atomic E-state index is 13.6. The van der Waals surface area contributed by atoms with Crippen molar-refractivity contribution in [3.05, 3.63) is 24.1 Å². The van der Waals surface area contributed by atoms with Gasteiger partial charge >= 0.3 is 0 Å². The summed E-state index contributed by atoms with van der Waals surface area (Å²) < 4.78 is 31.9. The van der Waals surface area contributed by atoms with Gasteiger partial charge in [0, 0.05) is 0 Å². The smallest absolute Gasteiger partial charge is 0.151 e. The minimum Gasteiger partial charge on any atom is -0.368 e. The molecule has 0 saturated heterocycles. The van der Waals surface area contributed by atoms with Crippen LogP contribution in [0.3, 0.4) is 0 Å². The minimum absolute atomic E-state index is 0.0438. The Labute approximate surface area is 124 Å². The Morgan fingerprint density at radius 3 is 2.71 bits per heavy atom. The molecule has 0 amide bonds. The Kier molecular flexibility index (Phi) is 5.65. The fraction of sp³-hybridized carbons (Fsp3) is 0.688. The van der Waals surface area contributed by atoms with Crippen LogP contribution in [-0.4, -0.2) is 30.7 Å². The van der Waals surface area contributed by atoms with E-state index < -0.39 is 23.6 Å². The predicted molar refractivity (Wildman–Crippen MR) is 77.1 cm³/mol. The van der Waals surface area contributed by atoms with Crippen LogP contribution in [-0.2, 0) is 9.53 Å². The van der Waals surface area contributed by atoms with Crippen molar-refractivity contribution in [1.29, 1.82) is 0 Å². The van der Waals surface area contributed by atoms with Crippen LogP contribution in [0.4, 0.5) is 8.78 Å². The average Bonchev–Trinajstić information content (AvgIpc) is 2.47. The van der Waals surface area contributed by atoms with E-state index in [0.717, 1.165) is 18.9 Å². The number of hydrogen-bond acceptors (Lipinski definition) is 3. The average molecular weight is 299 g/mol. The molecule has 0 aromatic heterocycles. The van der Waals surface area contributed by atoms with Crippen molar-refractivity contribution in [2.45, 2.75) is 56.3 Å². The number of allylic oxidation sites excluding steroid dienone is 2. The van der Waals surface area contributed by atoms with Gasteiger partial charge in [-0.3, -0.25) is 0 Å². The molecule has 0 bridgehead atoms. The number of alkyl halides is 1. The number of carbonyl (C=O) groups excluding carboxylic acids is 1. The van der Waals surface area contributed by atoms with E-state index in [1.807, 2.05) is 0 Å². The van der Waals surface area contributed by atoms with Gasteiger partial charge in [0.1, 0.15) is 18.2 Å². The first kappa shape index (κ1) is 16.3. The van der Waals surface area contributed by atoms with E-state index in [-0.39, 0.29) is 6.61 Å². The summed E-state index contributed by atoms with van der Waals surface area (Å²) in [5, 5.41) is 0. The predicted octanol–water partition coefficient (Wildman–Crippen LogP) is 3.00. The Morgan fingerprint density at radius 1 is 1.38 bits per heavy atom. The molecule has 1 fully saturated rings. The number of ether oxygens (including phenoxy) is 1. The fourth-order valence-corrected chi connectivity index (χ4v) is 3.06. The highest BCUT2D eigenvalue weighted by Crippen LogP contribution is 2.30. The van der Waals surface area contributed by atoms with Crippen molar-refractivity contribution in [3.63, 3.8) is 0 Å². The maximum atomic E-state index is 13.6. The van der Waals surface area contributed by atoms with E-state index >= 15 is 0 Å². The number of halogens is 2. The van der Waals surface area contributed by atoms with Crippen molar-refractivity contribution < 1.29 is 18.3 Å². The Hall–Kier alpha value is -1.07. The molecule has 0 spiro atoms. The molecule has 0 heterocycles. The summed E-state index contributed by atoms with van der Waals surface area (Å²) in [5.74, 6) is -0.183. The van der Waals surface area contributed by atoms with Crippen molar-refractivity contribution in [2.24, 2.45) is 11.7 Å². The van der Waals surface area contributed by atoms with Crippen LogP contribution < -0.4 is 5.73 Å². The Balaban J connectivity index is 1.86. The molecule has 3 nitrogen and oxygen atoms in total. The number of rotatable bonds is 6. The lowest BCUT2D eigenvalue weighted by atomic mass is 9.80. The summed E-state index contributed by atoms with van der Waals surface area (Å²) in [6.07, 6.45) is 7.94. The Bertz CT molecular complexity index is 419. The summed E-state index contributed by atoms with van der Waals surface area (Å²) in [5.41, 5.74) is 5.00. The lowest BCUT2D eigenvalue weighted by Crippen LogP contribution is -2.49. The molecular weight excluding hydrogens is 276 g/mol. The van der Waals surface area contributed by atoms with E-state index in [1.54, 1.807) is 0 Å². The number of carbonyl (C=O) groups is 1. The zero-order valence-corrected chi connectivity index (χ0v) is 12.1. The van der Waals surface area contributed by atoms with Gasteiger partial charge in [0.15, 0.2) is 6.17 Å². The van der Waals surface area contributed by atoms with Gasteiger partial charge < -0.3 is 15.3 Å². The molecule has 21 heavy (non-hydrogen) atoms. The summed E-state index contributed by atoms with van der Waals surface area (Å²) >= 11 is 0. The second kappa shape index (κ2) is 7.27. The fourth-order valence-electron chi connectivity index (χ4n) is 3.06. The standard InChI is InChI=1S/C16H23F2NO2/c17-13-6-7-15(14(18)8-13)21-11-16(19,10-20)9-12-4-2-1-3-5-12/h6-8,10,12,14-15H,1-5,9,11,19H2. The van der Waals surface area contributed by atoms with Crippen LogP contribution in [0.15, 0.2) is 24.1 Å². The molecule has 5 heteroatoms. The molecule has 2 rings (SSSR count). The van der Waals surface area contributed by atoms with Crippen molar-refractivity contribution in [2.75, 3.05) is 6.61 Å². The highest BCUT2D eigenvalue weighted by Gasteiger charge is 2.32. The van der Waals surface area contributed by atoms with Crippen LogP contribution in [0.25, 0.3) is 0 Å². The second-order valence-corrected chi connectivity index (χ2v) is 6.19. The SMILES string of the molecule is NC(C=O)(COC1C=CC(F)=CC1F)CC1CCCCC1. The molecule has 2 aliphatic carbocycles. The lowest BCUT2D eigenvalue weighted by molar-refractivity contribution is -0.116. The first-order valence-corrected chi connectivity index (χ1v) is 7.59. The second-order valence-electron chi connectivity index (χ2n) is 6.19. The quantitative estimate of drug-likeness (QED) is 0.767. The maximum Gasteiger partial charge on any atom is 0.151 e. The van der Waals surface area contributed by atoms with Crippen LogP contribution in [0.2, 0.25) is 0 Å². The van der Waals surface area contributed by atoms with E-state index in [4.69, 9.17) is 10.5 Å². The van der Waals surface area contributed by atoms with Gasteiger partial charge in [-0.25, -0.2) is 8.78 Å². The molecule has 1 saturated carbocycles. The molecule has 0 aliphatic heterocycles. The third kappa shape index (κ3) is 4.71. The minimum atomic E-state index is -1.54. The van der Waals surface area contributed by atoms with Gasteiger partial charge in [-0.05, 0) is 30.6 Å². The van der Waals surface area contributed by atoms with E-state index in [0.29, 0.717) is 18.6 Å². The molecule has 2 N–H and O–H groups in total. The molecule has 0 aromatic carbocycles. The van der Waals surface area contributed by atoms with Crippen molar-refractivity contribution >= 4 is 6.29 Å². The van der Waals surface area contributed by atoms with Crippen LogP contribution in [0, 0.1) is 5.92 Å². The summed E-state index contributed by atoms with van der Waals surface area (Å²) in [6.45, 7) is -0.0438. The van der Waals surface area contributed by atoms with Crippen LogP contribution in [0.1, 0.15) is 38.5 Å². The highest BCUT2D eigenvalue weighted by atomic mass is 19.1. The molecule has 3 unspecified atom stereocenters. The van der Waals surface area contributed by atoms with E-state index in [9.17, 15) is 13.6 Å². The summed E-state index contributed by atoms with van der Waals surface area (Å²) in [6, 6.07) is 0. The van der Waals surface area contributed by atoms with Gasteiger partial charge in [-0.2, -0.15) is 0 Å². The van der Waals surface area contributed by atoms with E-state index in [1.165, 1.54) is 31.4 Å². The number of hydrogen-bond donors (Lipinski definition) is 1. The normalized spacial score (nSPS) is 29.8. The molecule has 2 aliphatic rings. The highest BCUT2D eigenvalue weighted by molar-refractivity contribution is 5.64. The third-order valence-corrected chi connectivity index (χ3v) is 4.25. The zero-order valence-electron chi connectivity index (χ0n) is 12.1. The molecule has 3 atom stereocenters. The van der Waals surface area contributed by atoms with Gasteiger partial charge in [0.2, 0.25) is 0 Å². The number of nitrogens with two attached hydrogens (primary N) is 1. The van der Waals surface area contributed by atoms with Crippen LogP contribution in [0.5, 0.6) is 0 Å². The summed E-state index contributed by atoms with van der Waals surface area (Å²) in [7, 11) is 0. The molecule has 118 valence electrons. The van der Waals surface area contributed by atoms with Gasteiger partial charge in [0.25, 0.3) is 0 Å². The topological polar surface area (TPSA) is 52.3 Å².